The number of ketones is 1. The Morgan fingerprint density at radius 1 is 1.19 bits per heavy atom. The lowest BCUT2D eigenvalue weighted by Crippen LogP contribution is -2.23. The van der Waals surface area contributed by atoms with E-state index >= 15 is 0 Å². The van der Waals surface area contributed by atoms with E-state index in [0.29, 0.717) is 16.3 Å². The van der Waals surface area contributed by atoms with Gasteiger partial charge >= 0.3 is 0 Å². The molecule has 1 aromatic heterocycles. The number of rotatable bonds is 6. The van der Waals surface area contributed by atoms with Crippen molar-refractivity contribution in [3.63, 3.8) is 0 Å². The van der Waals surface area contributed by atoms with Crippen LogP contribution in [-0.4, -0.2) is 24.3 Å². The molecule has 0 amide bonds. The number of nitrogens with zero attached hydrogens (tertiary/aromatic N) is 1. The molecular formula is C18H16N2O4S2. The predicted octanol–water partition coefficient (Wildman–Crippen LogP) is 3.20. The van der Waals surface area contributed by atoms with Crippen LogP contribution in [0.2, 0.25) is 0 Å². The fourth-order valence-corrected chi connectivity index (χ4v) is 4.15. The Morgan fingerprint density at radius 3 is 2.62 bits per heavy atom. The fraction of sp³-hybridized carbons (Fsp3) is 0.111. The summed E-state index contributed by atoms with van der Waals surface area (Å²) < 4.78 is 27.3. The summed E-state index contributed by atoms with van der Waals surface area (Å²) in [6.07, 6.45) is 0. The highest BCUT2D eigenvalue weighted by Gasteiger charge is 2.16. The first kappa shape index (κ1) is 18.2. The lowest BCUT2D eigenvalue weighted by molar-refractivity contribution is 0.101. The van der Waals surface area contributed by atoms with E-state index in [-0.39, 0.29) is 23.0 Å². The smallest absolute Gasteiger partial charge is 0.240 e. The zero-order chi connectivity index (χ0) is 18.7. The molecule has 134 valence electrons. The molecule has 6 nitrogen and oxygen atoms in total. The standard InChI is InChI=1S/C18H16N2O4S2/c1-12(21)14-3-2-4-16(9-14)26(23,24)19-10-18-20-17(11-25-18)13-5-7-15(22)8-6-13/h2-9,11,19,22H,10H2,1H3. The molecule has 0 atom stereocenters. The monoisotopic (exact) mass is 388 g/mol. The minimum Gasteiger partial charge on any atom is -0.508 e. The van der Waals surface area contributed by atoms with Gasteiger partial charge in [0.25, 0.3) is 0 Å². The Morgan fingerprint density at radius 2 is 1.92 bits per heavy atom. The van der Waals surface area contributed by atoms with Gasteiger partial charge in [-0.25, -0.2) is 18.1 Å². The molecule has 3 aromatic rings. The lowest BCUT2D eigenvalue weighted by atomic mass is 10.2. The molecule has 2 aromatic carbocycles. The molecule has 0 aliphatic heterocycles. The van der Waals surface area contributed by atoms with Crippen molar-refractivity contribution < 1.29 is 18.3 Å². The van der Waals surface area contributed by atoms with E-state index in [1.165, 1.54) is 36.5 Å². The van der Waals surface area contributed by atoms with E-state index in [0.717, 1.165) is 5.56 Å². The molecule has 1 heterocycles. The number of sulfonamides is 1. The molecule has 0 spiro atoms. The van der Waals surface area contributed by atoms with E-state index in [1.807, 2.05) is 5.38 Å². The second-order valence-electron chi connectivity index (χ2n) is 5.58. The number of carbonyl (C=O) groups is 1. The van der Waals surface area contributed by atoms with Crippen LogP contribution in [0.25, 0.3) is 11.3 Å². The third-order valence-corrected chi connectivity index (χ3v) is 5.93. The first-order valence-corrected chi connectivity index (χ1v) is 10.1. The highest BCUT2D eigenvalue weighted by Crippen LogP contribution is 2.24. The SMILES string of the molecule is CC(=O)c1cccc(S(=O)(=O)NCc2nc(-c3ccc(O)cc3)cs2)c1. The Hall–Kier alpha value is -2.55. The van der Waals surface area contributed by atoms with Crippen LogP contribution in [0.3, 0.4) is 0 Å². The van der Waals surface area contributed by atoms with Crippen LogP contribution in [0.4, 0.5) is 0 Å². The minimum absolute atomic E-state index is 0.0421. The van der Waals surface area contributed by atoms with Crippen LogP contribution in [0, 0.1) is 0 Å². The molecule has 2 N–H and O–H groups in total. The number of aromatic hydroxyl groups is 1. The van der Waals surface area contributed by atoms with Crippen molar-refractivity contribution in [2.75, 3.05) is 0 Å². The zero-order valence-electron chi connectivity index (χ0n) is 13.8. The van der Waals surface area contributed by atoms with E-state index in [4.69, 9.17) is 0 Å². The molecule has 0 aliphatic carbocycles. The van der Waals surface area contributed by atoms with Crippen LogP contribution in [0.1, 0.15) is 22.3 Å². The van der Waals surface area contributed by atoms with E-state index in [9.17, 15) is 18.3 Å². The maximum atomic E-state index is 12.4. The topological polar surface area (TPSA) is 96.4 Å². The number of hydrogen-bond acceptors (Lipinski definition) is 6. The summed E-state index contributed by atoms with van der Waals surface area (Å²) in [4.78, 5) is 15.9. The Balaban J connectivity index is 1.73. The molecule has 0 aliphatic rings. The highest BCUT2D eigenvalue weighted by atomic mass is 32.2. The number of phenolic OH excluding ortho intramolecular Hbond substituents is 1. The van der Waals surface area contributed by atoms with Crippen LogP contribution in [0.15, 0.2) is 58.8 Å². The fourth-order valence-electron chi connectivity index (χ4n) is 2.28. The van der Waals surface area contributed by atoms with Gasteiger partial charge in [-0.1, -0.05) is 12.1 Å². The van der Waals surface area contributed by atoms with Crippen LogP contribution < -0.4 is 4.72 Å². The van der Waals surface area contributed by atoms with Gasteiger partial charge in [0, 0.05) is 16.5 Å². The molecule has 0 bridgehead atoms. The third kappa shape index (κ3) is 4.16. The Kier molecular flexibility index (Phi) is 5.17. The van der Waals surface area contributed by atoms with Crippen molar-refractivity contribution in [1.82, 2.24) is 9.71 Å². The number of thiazole rings is 1. The van der Waals surface area contributed by atoms with Gasteiger partial charge < -0.3 is 5.11 Å². The van der Waals surface area contributed by atoms with Gasteiger partial charge in [0.05, 0.1) is 17.1 Å². The van der Waals surface area contributed by atoms with Gasteiger partial charge in [-0.2, -0.15) is 0 Å². The number of hydrogen-bond donors (Lipinski definition) is 2. The van der Waals surface area contributed by atoms with Crippen molar-refractivity contribution in [3.8, 4) is 17.0 Å². The van der Waals surface area contributed by atoms with Crippen LogP contribution in [0.5, 0.6) is 5.75 Å². The van der Waals surface area contributed by atoms with Crippen molar-refractivity contribution in [3.05, 3.63) is 64.5 Å². The van der Waals surface area contributed by atoms with Crippen molar-refractivity contribution in [2.45, 2.75) is 18.4 Å². The van der Waals surface area contributed by atoms with Gasteiger partial charge in [0.1, 0.15) is 10.8 Å². The van der Waals surface area contributed by atoms with Gasteiger partial charge in [-0.15, -0.1) is 11.3 Å². The number of aromatic nitrogens is 1. The van der Waals surface area contributed by atoms with Crippen molar-refractivity contribution in [1.29, 1.82) is 0 Å². The normalized spacial score (nSPS) is 11.4. The summed E-state index contributed by atoms with van der Waals surface area (Å²) in [5, 5.41) is 11.8. The molecule has 0 fully saturated rings. The maximum Gasteiger partial charge on any atom is 0.240 e. The van der Waals surface area contributed by atoms with Gasteiger partial charge in [-0.05, 0) is 43.3 Å². The molecule has 0 saturated heterocycles. The highest BCUT2D eigenvalue weighted by molar-refractivity contribution is 7.89. The summed E-state index contributed by atoms with van der Waals surface area (Å²) in [6, 6.07) is 12.5. The largest absolute Gasteiger partial charge is 0.508 e. The Labute approximate surface area is 155 Å². The third-order valence-electron chi connectivity index (χ3n) is 3.68. The first-order valence-electron chi connectivity index (χ1n) is 7.69. The van der Waals surface area contributed by atoms with E-state index < -0.39 is 10.0 Å². The Bertz CT molecular complexity index is 1040. The average Bonchev–Trinajstić information content (AvgIpc) is 3.10. The molecular weight excluding hydrogens is 372 g/mol. The average molecular weight is 388 g/mol. The van der Waals surface area contributed by atoms with Crippen molar-refractivity contribution in [2.24, 2.45) is 0 Å². The number of nitrogens with one attached hydrogen (secondary N) is 1. The summed E-state index contributed by atoms with van der Waals surface area (Å²) in [5.41, 5.74) is 1.89. The number of benzene rings is 2. The summed E-state index contributed by atoms with van der Waals surface area (Å²) in [5.74, 6) is -0.0229. The number of carbonyl (C=O) groups excluding carboxylic acids is 1. The van der Waals surface area contributed by atoms with Gasteiger partial charge in [-0.3, -0.25) is 4.79 Å². The molecule has 0 unspecified atom stereocenters. The van der Waals surface area contributed by atoms with Gasteiger partial charge in [0.15, 0.2) is 5.78 Å². The predicted molar refractivity (Wildman–Crippen MR) is 99.7 cm³/mol. The molecule has 0 saturated carbocycles. The zero-order valence-corrected chi connectivity index (χ0v) is 15.5. The number of phenols is 1. The molecule has 3 rings (SSSR count). The minimum atomic E-state index is -3.74. The molecule has 26 heavy (non-hydrogen) atoms. The lowest BCUT2D eigenvalue weighted by Gasteiger charge is -2.06. The van der Waals surface area contributed by atoms with E-state index in [1.54, 1.807) is 30.3 Å². The maximum absolute atomic E-state index is 12.4. The van der Waals surface area contributed by atoms with E-state index in [2.05, 4.69) is 9.71 Å². The second-order valence-corrected chi connectivity index (χ2v) is 8.29. The quantitative estimate of drug-likeness (QED) is 0.632. The molecule has 0 radical (unpaired) electrons. The summed E-state index contributed by atoms with van der Waals surface area (Å²) in [7, 11) is -3.74. The van der Waals surface area contributed by atoms with Crippen LogP contribution >= 0.6 is 11.3 Å². The first-order chi connectivity index (χ1) is 12.3. The second kappa shape index (κ2) is 7.36. The van der Waals surface area contributed by atoms with Gasteiger partial charge in [0.2, 0.25) is 10.0 Å². The summed E-state index contributed by atoms with van der Waals surface area (Å²) >= 11 is 1.34. The molecule has 8 heteroatoms. The summed E-state index contributed by atoms with van der Waals surface area (Å²) in [6.45, 7) is 1.44. The number of Topliss-reactive ketones (excluding diaryl/α,β-unsaturated/α-hetero) is 1. The van der Waals surface area contributed by atoms with Crippen molar-refractivity contribution >= 4 is 27.1 Å². The van der Waals surface area contributed by atoms with Crippen LogP contribution in [-0.2, 0) is 16.6 Å².